The summed E-state index contributed by atoms with van der Waals surface area (Å²) in [6.45, 7) is 5.14. The molecule has 2 saturated heterocycles. The highest BCUT2D eigenvalue weighted by Crippen LogP contribution is 2.19. The molecule has 2 amide bonds. The van der Waals surface area contributed by atoms with Crippen molar-refractivity contribution in [2.24, 2.45) is 5.92 Å². The molecule has 2 fully saturated rings. The molecule has 0 bridgehead atoms. The number of imidazole rings is 1. The summed E-state index contributed by atoms with van der Waals surface area (Å²) in [5, 5.41) is 6.44. The minimum absolute atomic E-state index is 0.118. The van der Waals surface area contributed by atoms with E-state index < -0.39 is 0 Å². The molecule has 32 heavy (non-hydrogen) atoms. The summed E-state index contributed by atoms with van der Waals surface area (Å²) in [5.74, 6) is 0.231. The van der Waals surface area contributed by atoms with Crippen molar-refractivity contribution in [3.05, 3.63) is 30.1 Å². The molecule has 2 aromatic rings. The van der Waals surface area contributed by atoms with Crippen LogP contribution in [-0.4, -0.2) is 85.4 Å². The molecule has 174 valence electrons. The van der Waals surface area contributed by atoms with Crippen molar-refractivity contribution in [2.45, 2.75) is 31.8 Å². The molecule has 0 radical (unpaired) electrons. The van der Waals surface area contributed by atoms with Crippen molar-refractivity contribution in [2.75, 3.05) is 53.1 Å². The number of ether oxygens (including phenoxy) is 2. The Bertz CT molecular complexity index is 924. The van der Waals surface area contributed by atoms with E-state index in [0.29, 0.717) is 64.8 Å². The van der Waals surface area contributed by atoms with E-state index in [1.165, 1.54) is 0 Å². The highest BCUT2D eigenvalue weighted by Gasteiger charge is 2.32. The van der Waals surface area contributed by atoms with Crippen LogP contribution in [0.25, 0.3) is 11.0 Å². The molecule has 2 aliphatic heterocycles. The normalized spacial score (nSPS) is 21.6. The number of para-hydroxylation sites is 2. The molecule has 2 aliphatic rings. The minimum Gasteiger partial charge on any atom is -0.385 e. The number of carbonyl (C=O) groups excluding carboxylic acids is 2. The van der Waals surface area contributed by atoms with Crippen LogP contribution in [0, 0.1) is 5.92 Å². The first-order valence-corrected chi connectivity index (χ1v) is 11.5. The third-order valence-corrected chi connectivity index (χ3v) is 6.20. The highest BCUT2D eigenvalue weighted by atomic mass is 16.5. The lowest BCUT2D eigenvalue weighted by Gasteiger charge is -2.35. The van der Waals surface area contributed by atoms with Crippen LogP contribution in [0.1, 0.15) is 29.9 Å². The van der Waals surface area contributed by atoms with Crippen molar-refractivity contribution in [3.8, 4) is 0 Å². The van der Waals surface area contributed by atoms with E-state index in [2.05, 4.69) is 15.6 Å². The number of piperidine rings is 1. The quantitative estimate of drug-likeness (QED) is 0.592. The third kappa shape index (κ3) is 5.28. The fourth-order valence-electron chi connectivity index (χ4n) is 4.52. The smallest absolute Gasteiger partial charge is 0.287 e. The molecule has 0 saturated carbocycles. The van der Waals surface area contributed by atoms with Gasteiger partial charge < -0.3 is 29.6 Å². The van der Waals surface area contributed by atoms with Gasteiger partial charge in [0.1, 0.15) is 0 Å². The van der Waals surface area contributed by atoms with E-state index in [1.54, 1.807) is 7.11 Å². The average molecular weight is 444 g/mol. The van der Waals surface area contributed by atoms with Crippen LogP contribution in [0.15, 0.2) is 24.3 Å². The van der Waals surface area contributed by atoms with Gasteiger partial charge in [-0.05, 0) is 31.4 Å². The first-order valence-electron chi connectivity index (χ1n) is 11.5. The van der Waals surface area contributed by atoms with Gasteiger partial charge in [0.25, 0.3) is 5.91 Å². The van der Waals surface area contributed by atoms with Crippen molar-refractivity contribution in [1.29, 1.82) is 0 Å². The fourth-order valence-corrected chi connectivity index (χ4v) is 4.52. The summed E-state index contributed by atoms with van der Waals surface area (Å²) in [7, 11) is 1.70. The van der Waals surface area contributed by atoms with Gasteiger partial charge in [0.05, 0.1) is 30.2 Å². The van der Waals surface area contributed by atoms with E-state index in [0.717, 1.165) is 23.9 Å². The van der Waals surface area contributed by atoms with Crippen LogP contribution >= 0.6 is 0 Å². The highest BCUT2D eigenvalue weighted by molar-refractivity contribution is 5.95. The summed E-state index contributed by atoms with van der Waals surface area (Å²) < 4.78 is 12.5. The monoisotopic (exact) mass is 443 g/mol. The maximum Gasteiger partial charge on any atom is 0.287 e. The topological polar surface area (TPSA) is 97.7 Å². The van der Waals surface area contributed by atoms with Crippen molar-refractivity contribution < 1.29 is 19.1 Å². The van der Waals surface area contributed by atoms with Gasteiger partial charge in [0.15, 0.2) is 5.82 Å². The van der Waals surface area contributed by atoms with Gasteiger partial charge in [0, 0.05) is 52.5 Å². The second-order valence-electron chi connectivity index (χ2n) is 8.47. The average Bonchev–Trinajstić information content (AvgIpc) is 3.21. The maximum absolute atomic E-state index is 13.2. The van der Waals surface area contributed by atoms with Crippen LogP contribution in [0.2, 0.25) is 0 Å². The Morgan fingerprint density at radius 2 is 2.03 bits per heavy atom. The Hall–Kier alpha value is -2.49. The van der Waals surface area contributed by atoms with Gasteiger partial charge in [-0.15, -0.1) is 0 Å². The van der Waals surface area contributed by atoms with Crippen LogP contribution in [-0.2, 0) is 20.8 Å². The Balaban J connectivity index is 1.43. The molecule has 1 aromatic heterocycles. The number of carbonyl (C=O) groups is 2. The van der Waals surface area contributed by atoms with Crippen molar-refractivity contribution in [3.63, 3.8) is 0 Å². The van der Waals surface area contributed by atoms with Gasteiger partial charge in [-0.2, -0.15) is 0 Å². The number of benzene rings is 1. The molecule has 2 atom stereocenters. The number of aryl methyl sites for hydroxylation is 1. The molecule has 3 heterocycles. The standard InChI is InChI=1S/C23H33N5O4/c1-31-11-5-4-8-28-20-7-3-2-6-19(20)26-21(28)22(29)25-18-14-17(15-24-16-18)23(30)27-9-12-32-13-10-27/h2-3,6-7,17-18,24H,4-5,8-16H2,1H3,(H,25,29)/t17-,18+/m1/s1. The molecule has 4 rings (SSSR count). The molecular weight excluding hydrogens is 410 g/mol. The summed E-state index contributed by atoms with van der Waals surface area (Å²) >= 11 is 0. The number of methoxy groups -OCH3 is 1. The van der Waals surface area contributed by atoms with Crippen LogP contribution in [0.4, 0.5) is 0 Å². The Kier molecular flexibility index (Phi) is 7.72. The number of unbranched alkanes of at least 4 members (excludes halogenated alkanes) is 1. The molecular formula is C23H33N5O4. The van der Waals surface area contributed by atoms with Gasteiger partial charge in [-0.1, -0.05) is 12.1 Å². The first-order chi connectivity index (χ1) is 15.7. The Morgan fingerprint density at radius 1 is 1.22 bits per heavy atom. The lowest BCUT2D eigenvalue weighted by Crippen LogP contribution is -2.54. The number of hydrogen-bond acceptors (Lipinski definition) is 6. The van der Waals surface area contributed by atoms with Gasteiger partial charge in [-0.3, -0.25) is 9.59 Å². The third-order valence-electron chi connectivity index (χ3n) is 6.20. The number of nitrogens with zero attached hydrogens (tertiary/aromatic N) is 3. The molecule has 0 aliphatic carbocycles. The van der Waals surface area contributed by atoms with E-state index in [4.69, 9.17) is 9.47 Å². The number of fused-ring (bicyclic) bond motifs is 1. The van der Waals surface area contributed by atoms with Gasteiger partial charge in [0.2, 0.25) is 5.91 Å². The van der Waals surface area contributed by atoms with Gasteiger partial charge in [-0.25, -0.2) is 4.98 Å². The van der Waals surface area contributed by atoms with Gasteiger partial charge >= 0.3 is 0 Å². The minimum atomic E-state index is -0.195. The van der Waals surface area contributed by atoms with E-state index >= 15 is 0 Å². The zero-order valence-electron chi connectivity index (χ0n) is 18.7. The van der Waals surface area contributed by atoms with E-state index in [-0.39, 0.29) is 23.8 Å². The second kappa shape index (κ2) is 10.9. The molecule has 9 heteroatoms. The van der Waals surface area contributed by atoms with Crippen LogP contribution < -0.4 is 10.6 Å². The molecule has 0 spiro atoms. The summed E-state index contributed by atoms with van der Waals surface area (Å²) in [5.41, 5.74) is 1.77. The number of morpholine rings is 1. The van der Waals surface area contributed by atoms with Crippen molar-refractivity contribution in [1.82, 2.24) is 25.1 Å². The Morgan fingerprint density at radius 3 is 2.84 bits per heavy atom. The molecule has 2 N–H and O–H groups in total. The number of rotatable bonds is 8. The lowest BCUT2D eigenvalue weighted by atomic mass is 9.94. The number of hydrogen-bond donors (Lipinski definition) is 2. The predicted octanol–water partition coefficient (Wildman–Crippen LogP) is 1.03. The summed E-state index contributed by atoms with van der Waals surface area (Å²) in [6.07, 6.45) is 2.44. The van der Waals surface area contributed by atoms with Crippen molar-refractivity contribution >= 4 is 22.8 Å². The predicted molar refractivity (Wildman–Crippen MR) is 120 cm³/mol. The zero-order valence-corrected chi connectivity index (χ0v) is 18.7. The number of amides is 2. The molecule has 9 nitrogen and oxygen atoms in total. The lowest BCUT2D eigenvalue weighted by molar-refractivity contribution is -0.140. The second-order valence-corrected chi connectivity index (χ2v) is 8.47. The number of aromatic nitrogens is 2. The summed E-state index contributed by atoms with van der Waals surface area (Å²) in [6, 6.07) is 7.70. The largest absolute Gasteiger partial charge is 0.385 e. The molecule has 1 aromatic carbocycles. The Labute approximate surface area is 188 Å². The van der Waals surface area contributed by atoms with Crippen LogP contribution in [0.3, 0.4) is 0 Å². The summed E-state index contributed by atoms with van der Waals surface area (Å²) in [4.78, 5) is 32.6. The van der Waals surface area contributed by atoms with Crippen LogP contribution in [0.5, 0.6) is 0 Å². The number of nitrogens with one attached hydrogen (secondary N) is 2. The first kappa shape index (κ1) is 22.7. The molecule has 0 unspecified atom stereocenters. The SMILES string of the molecule is COCCCCn1c(C(=O)N[C@@H]2CNC[C@H](C(=O)N3CCOCC3)C2)nc2ccccc21. The van der Waals surface area contributed by atoms with E-state index in [1.807, 2.05) is 33.7 Å². The maximum atomic E-state index is 13.2. The fraction of sp³-hybridized carbons (Fsp3) is 0.609. The zero-order chi connectivity index (χ0) is 22.3. The van der Waals surface area contributed by atoms with E-state index in [9.17, 15) is 9.59 Å².